The monoisotopic (exact) mass is 549 g/mol. The molecule has 2 aliphatic rings. The Kier molecular flexibility index (Phi) is 8.93. The van der Waals surface area contributed by atoms with Gasteiger partial charge in [0.15, 0.2) is 16.4 Å². The number of halogens is 1. The van der Waals surface area contributed by atoms with E-state index in [4.69, 9.17) is 4.74 Å². The molecule has 0 bridgehead atoms. The minimum atomic E-state index is -1.36. The SMILES string of the molecule is CC.COc1cnc(C(C)F)cc1-c1cc(-n2ncccc2=O)ncc1C(=O)NC1=NNC(C#CC2CC2)S1. The smallest absolute Gasteiger partial charge is 0.272 e. The summed E-state index contributed by atoms with van der Waals surface area (Å²) < 4.78 is 20.7. The van der Waals surface area contributed by atoms with Gasteiger partial charge >= 0.3 is 0 Å². The molecule has 10 nitrogen and oxygen atoms in total. The Morgan fingerprint density at radius 3 is 2.72 bits per heavy atom. The number of carbonyl (C=O) groups excluding carboxylic acids is 1. The molecule has 2 unspecified atom stereocenters. The van der Waals surface area contributed by atoms with Gasteiger partial charge in [-0.25, -0.2) is 9.37 Å². The zero-order chi connectivity index (χ0) is 27.9. The highest BCUT2D eigenvalue weighted by Gasteiger charge is 2.25. The summed E-state index contributed by atoms with van der Waals surface area (Å²) in [5.41, 5.74) is 3.57. The Labute approximate surface area is 229 Å². The number of hydrazone groups is 1. The van der Waals surface area contributed by atoms with Gasteiger partial charge in [0.2, 0.25) is 0 Å². The van der Waals surface area contributed by atoms with Crippen LogP contribution in [0.4, 0.5) is 4.39 Å². The van der Waals surface area contributed by atoms with Crippen molar-refractivity contribution in [1.29, 1.82) is 0 Å². The second-order valence-corrected chi connectivity index (χ2v) is 9.44. The molecule has 0 saturated heterocycles. The van der Waals surface area contributed by atoms with E-state index in [1.807, 2.05) is 13.8 Å². The first-order chi connectivity index (χ1) is 18.9. The van der Waals surface area contributed by atoms with Crippen molar-refractivity contribution in [3.63, 3.8) is 0 Å². The van der Waals surface area contributed by atoms with Gasteiger partial charge in [-0.3, -0.25) is 25.3 Å². The number of nitrogens with zero attached hydrogens (tertiary/aromatic N) is 5. The van der Waals surface area contributed by atoms with E-state index in [1.54, 1.807) is 0 Å². The Hall–Kier alpha value is -4.24. The van der Waals surface area contributed by atoms with Crippen molar-refractivity contribution in [2.45, 2.75) is 45.2 Å². The molecule has 0 aromatic carbocycles. The molecule has 2 atom stereocenters. The number of rotatable bonds is 5. The van der Waals surface area contributed by atoms with E-state index in [0.717, 1.165) is 17.5 Å². The lowest BCUT2D eigenvalue weighted by atomic mass is 9.99. The minimum absolute atomic E-state index is 0.158. The molecule has 1 aliphatic heterocycles. The van der Waals surface area contributed by atoms with Crippen LogP contribution in [0.25, 0.3) is 16.9 Å². The lowest BCUT2D eigenvalue weighted by molar-refractivity contribution is 0.0978. The maximum absolute atomic E-state index is 14.2. The fourth-order valence-electron chi connectivity index (χ4n) is 3.53. The van der Waals surface area contributed by atoms with Gasteiger partial charge in [-0.05, 0) is 49.7 Å². The van der Waals surface area contributed by atoms with Gasteiger partial charge in [-0.15, -0.1) is 0 Å². The summed E-state index contributed by atoms with van der Waals surface area (Å²) in [6.07, 6.45) is 5.05. The molecule has 0 spiro atoms. The van der Waals surface area contributed by atoms with Crippen LogP contribution in [0.2, 0.25) is 0 Å². The molecular weight excluding hydrogens is 521 g/mol. The van der Waals surface area contributed by atoms with Crippen molar-refractivity contribution in [3.05, 3.63) is 64.5 Å². The molecule has 12 heteroatoms. The fraction of sp³-hybridized carbons (Fsp3) is 0.333. The van der Waals surface area contributed by atoms with Crippen LogP contribution in [-0.2, 0) is 0 Å². The zero-order valence-corrected chi connectivity index (χ0v) is 22.8. The molecule has 2 N–H and O–H groups in total. The van der Waals surface area contributed by atoms with E-state index in [9.17, 15) is 14.0 Å². The third-order valence-electron chi connectivity index (χ3n) is 5.60. The molecule has 3 aromatic heterocycles. The summed E-state index contributed by atoms with van der Waals surface area (Å²) >= 11 is 1.29. The summed E-state index contributed by atoms with van der Waals surface area (Å²) in [7, 11) is 1.45. The fourth-order valence-corrected chi connectivity index (χ4v) is 4.24. The number of hydrogen-bond acceptors (Lipinski definition) is 9. The molecule has 39 heavy (non-hydrogen) atoms. The van der Waals surface area contributed by atoms with Crippen molar-refractivity contribution in [2.24, 2.45) is 11.0 Å². The van der Waals surface area contributed by atoms with Crippen molar-refractivity contribution < 1.29 is 13.9 Å². The summed E-state index contributed by atoms with van der Waals surface area (Å²) in [6.45, 7) is 5.36. The molecule has 1 saturated carbocycles. The number of nitrogens with one attached hydrogen (secondary N) is 2. The number of amidine groups is 1. The second kappa shape index (κ2) is 12.5. The van der Waals surface area contributed by atoms with Crippen LogP contribution in [0.5, 0.6) is 5.75 Å². The first-order valence-corrected chi connectivity index (χ1v) is 13.4. The Morgan fingerprint density at radius 2 is 2.03 bits per heavy atom. The highest BCUT2D eigenvalue weighted by molar-refractivity contribution is 8.14. The van der Waals surface area contributed by atoms with E-state index < -0.39 is 17.6 Å². The Bertz CT molecular complexity index is 1510. The van der Waals surface area contributed by atoms with Crippen molar-refractivity contribution >= 4 is 22.8 Å². The maximum Gasteiger partial charge on any atom is 0.272 e. The van der Waals surface area contributed by atoms with Gasteiger partial charge in [-0.2, -0.15) is 14.9 Å². The predicted molar refractivity (Wildman–Crippen MR) is 148 cm³/mol. The van der Waals surface area contributed by atoms with Crippen LogP contribution >= 0.6 is 11.8 Å². The summed E-state index contributed by atoms with van der Waals surface area (Å²) in [5, 5.41) is 11.1. The normalized spacial score (nSPS) is 16.4. The number of hydrogen-bond donors (Lipinski definition) is 2. The zero-order valence-electron chi connectivity index (χ0n) is 21.9. The van der Waals surface area contributed by atoms with Gasteiger partial charge in [-0.1, -0.05) is 25.7 Å². The average molecular weight is 550 g/mol. The first-order valence-electron chi connectivity index (χ1n) is 12.5. The van der Waals surface area contributed by atoms with Crippen LogP contribution in [0.1, 0.15) is 55.8 Å². The van der Waals surface area contributed by atoms with Gasteiger partial charge in [0.25, 0.3) is 11.5 Å². The molecule has 1 fully saturated rings. The van der Waals surface area contributed by atoms with Crippen LogP contribution in [0, 0.1) is 17.8 Å². The maximum atomic E-state index is 14.2. The number of alkyl halides is 1. The summed E-state index contributed by atoms with van der Waals surface area (Å²) in [4.78, 5) is 34.2. The summed E-state index contributed by atoms with van der Waals surface area (Å²) in [5.74, 6) is 6.73. The van der Waals surface area contributed by atoms with Crippen molar-refractivity contribution in [1.82, 2.24) is 30.5 Å². The Morgan fingerprint density at radius 1 is 1.23 bits per heavy atom. The summed E-state index contributed by atoms with van der Waals surface area (Å²) in [6, 6.07) is 5.89. The van der Waals surface area contributed by atoms with E-state index >= 15 is 0 Å². The number of amides is 1. The predicted octanol–water partition coefficient (Wildman–Crippen LogP) is 3.83. The average Bonchev–Trinajstić information content (AvgIpc) is 3.69. The van der Waals surface area contributed by atoms with Crippen LogP contribution in [0.15, 0.2) is 52.8 Å². The van der Waals surface area contributed by atoms with Gasteiger partial charge < -0.3 is 4.74 Å². The lowest BCUT2D eigenvalue weighted by Crippen LogP contribution is -2.28. The lowest BCUT2D eigenvalue weighted by Gasteiger charge is -2.15. The standard InChI is InChI=1S/C25H22FN7O3S.C2H6/c1-14(26)19-10-17(20(36-2)13-27-19)16-11-21(33-23(34)4-3-9-29-33)28-12-18(16)24(35)30-25-32-31-22(37-25)8-7-15-5-6-15;1-2/h3-4,9-15,22,31H,5-6H2,1-2H3,(H,30,32,35);1-2H3. The molecule has 5 rings (SSSR count). The molecule has 4 heterocycles. The minimum Gasteiger partial charge on any atom is -0.494 e. The van der Waals surface area contributed by atoms with E-state index in [-0.39, 0.29) is 22.4 Å². The number of methoxy groups -OCH3 is 1. The van der Waals surface area contributed by atoms with Gasteiger partial charge in [0.1, 0.15) is 11.9 Å². The largest absolute Gasteiger partial charge is 0.494 e. The van der Waals surface area contributed by atoms with Crippen LogP contribution in [-0.4, -0.2) is 43.3 Å². The van der Waals surface area contributed by atoms with E-state index in [2.05, 4.69) is 42.8 Å². The third kappa shape index (κ3) is 6.61. The number of pyridine rings is 2. The second-order valence-electron chi connectivity index (χ2n) is 8.35. The van der Waals surface area contributed by atoms with Crippen molar-refractivity contribution in [3.8, 4) is 34.5 Å². The third-order valence-corrected chi connectivity index (χ3v) is 6.48. The molecule has 1 amide bonds. The molecule has 1 aliphatic carbocycles. The van der Waals surface area contributed by atoms with E-state index in [0.29, 0.717) is 28.0 Å². The van der Waals surface area contributed by atoms with Crippen molar-refractivity contribution in [2.75, 3.05) is 7.11 Å². The van der Waals surface area contributed by atoms with Gasteiger partial charge in [0, 0.05) is 35.5 Å². The Balaban J connectivity index is 0.00000172. The van der Waals surface area contributed by atoms with Crippen LogP contribution in [0.3, 0.4) is 0 Å². The number of thioether (sulfide) groups is 1. The molecule has 3 aromatic rings. The van der Waals surface area contributed by atoms with E-state index in [1.165, 1.54) is 68.7 Å². The number of ether oxygens (including phenoxy) is 1. The highest BCUT2D eigenvalue weighted by Crippen LogP contribution is 2.35. The van der Waals surface area contributed by atoms with Crippen LogP contribution < -0.4 is 21.0 Å². The number of aromatic nitrogens is 4. The first kappa shape index (κ1) is 27.8. The molecule has 202 valence electrons. The topological polar surface area (TPSA) is 123 Å². The highest BCUT2D eigenvalue weighted by atomic mass is 32.2. The quantitative estimate of drug-likeness (QED) is 0.461. The number of carbonyl (C=O) groups is 1. The van der Waals surface area contributed by atoms with Gasteiger partial charge in [0.05, 0.1) is 24.6 Å². The molecule has 0 radical (unpaired) electrons. The molecular formula is C27H28FN7O3S.